The van der Waals surface area contributed by atoms with E-state index in [9.17, 15) is 14.0 Å². The summed E-state index contributed by atoms with van der Waals surface area (Å²) >= 11 is 1.41. The molecule has 19 heavy (non-hydrogen) atoms. The summed E-state index contributed by atoms with van der Waals surface area (Å²) in [6.07, 6.45) is -0.106. The van der Waals surface area contributed by atoms with Gasteiger partial charge in [-0.2, -0.15) is 0 Å². The topological polar surface area (TPSA) is 57.6 Å². The number of hydrogen-bond acceptors (Lipinski definition) is 3. The fourth-order valence-corrected chi connectivity index (χ4v) is 3.33. The highest BCUT2D eigenvalue weighted by atomic mass is 32.2. The molecule has 1 aromatic carbocycles. The first-order valence-electron chi connectivity index (χ1n) is 5.92. The monoisotopic (exact) mass is 283 g/mol. The average Bonchev–Trinajstić information content (AvgIpc) is 2.63. The van der Waals surface area contributed by atoms with Crippen LogP contribution in [0.4, 0.5) is 4.39 Å². The molecule has 0 aliphatic carbocycles. The van der Waals surface area contributed by atoms with E-state index in [1.807, 2.05) is 0 Å². The van der Waals surface area contributed by atoms with E-state index in [0.29, 0.717) is 5.56 Å². The number of carbonyl (C=O) groups excluding carboxylic acids is 1. The molecule has 0 aromatic heterocycles. The Hall–Kier alpha value is -1.56. The Kier molecular flexibility index (Phi) is 4.09. The van der Waals surface area contributed by atoms with Crippen LogP contribution in [0.2, 0.25) is 0 Å². The summed E-state index contributed by atoms with van der Waals surface area (Å²) < 4.78 is 13.2. The fraction of sp³-hybridized carbons (Fsp3) is 0.385. The summed E-state index contributed by atoms with van der Waals surface area (Å²) in [5.41, 5.74) is 0.688. The number of amides is 1. The lowest BCUT2D eigenvalue weighted by atomic mass is 10.2. The molecule has 1 saturated heterocycles. The number of thioether (sulfide) groups is 1. The minimum atomic E-state index is -0.949. The van der Waals surface area contributed by atoms with Crippen LogP contribution in [0.15, 0.2) is 24.3 Å². The summed E-state index contributed by atoms with van der Waals surface area (Å²) in [4.78, 5) is 24.2. The lowest BCUT2D eigenvalue weighted by molar-refractivity contribution is -0.138. The maximum absolute atomic E-state index is 13.2. The molecule has 1 heterocycles. The minimum Gasteiger partial charge on any atom is -0.481 e. The minimum absolute atomic E-state index is 0.0967. The molecular weight excluding hydrogens is 269 g/mol. The van der Waals surface area contributed by atoms with Gasteiger partial charge >= 0.3 is 5.97 Å². The quantitative estimate of drug-likeness (QED) is 0.921. The summed E-state index contributed by atoms with van der Waals surface area (Å²) in [5.74, 6) is -1.40. The molecule has 1 aliphatic heterocycles. The third-order valence-corrected chi connectivity index (χ3v) is 4.34. The summed E-state index contributed by atoms with van der Waals surface area (Å²) in [5, 5.41) is 8.18. The number of hydrogen-bond donors (Lipinski definition) is 1. The molecule has 1 aromatic rings. The van der Waals surface area contributed by atoms with Crippen LogP contribution >= 0.6 is 11.8 Å². The molecule has 0 spiro atoms. The van der Waals surface area contributed by atoms with Gasteiger partial charge in [0.25, 0.3) is 0 Å². The van der Waals surface area contributed by atoms with Gasteiger partial charge in [-0.25, -0.2) is 4.39 Å². The predicted octanol–water partition coefficient (Wildman–Crippen LogP) is 2.26. The lowest BCUT2D eigenvalue weighted by Gasteiger charge is -2.23. The van der Waals surface area contributed by atoms with Crippen LogP contribution in [0.1, 0.15) is 24.3 Å². The number of rotatable bonds is 4. The van der Waals surface area contributed by atoms with Gasteiger partial charge in [0.05, 0.1) is 11.7 Å². The van der Waals surface area contributed by atoms with E-state index in [1.165, 1.54) is 28.8 Å². The predicted molar refractivity (Wildman–Crippen MR) is 70.2 cm³/mol. The third kappa shape index (κ3) is 3.07. The number of nitrogens with zero attached hydrogens (tertiary/aromatic N) is 1. The van der Waals surface area contributed by atoms with Gasteiger partial charge in [0.1, 0.15) is 11.2 Å². The second-order valence-corrected chi connectivity index (χ2v) is 5.79. The maximum atomic E-state index is 13.2. The van der Waals surface area contributed by atoms with Crippen LogP contribution in [0, 0.1) is 5.82 Å². The molecule has 102 valence electrons. The Bertz CT molecular complexity index is 508. The number of carbonyl (C=O) groups is 2. The van der Waals surface area contributed by atoms with Crippen LogP contribution in [-0.2, 0) is 9.59 Å². The summed E-state index contributed by atoms with van der Waals surface area (Å²) in [6, 6.07) is 6.07. The van der Waals surface area contributed by atoms with Crippen molar-refractivity contribution in [3.05, 3.63) is 35.6 Å². The third-order valence-electron chi connectivity index (χ3n) is 2.95. The van der Waals surface area contributed by atoms with Crippen LogP contribution in [0.5, 0.6) is 0 Å². The second kappa shape index (κ2) is 5.61. The first kappa shape index (κ1) is 13.9. The molecule has 4 nitrogen and oxygen atoms in total. The van der Waals surface area contributed by atoms with Gasteiger partial charge in [-0.15, -0.1) is 11.8 Å². The zero-order valence-electron chi connectivity index (χ0n) is 10.4. The van der Waals surface area contributed by atoms with Crippen molar-refractivity contribution < 1.29 is 19.1 Å². The molecule has 6 heteroatoms. The highest BCUT2D eigenvalue weighted by molar-refractivity contribution is 8.01. The van der Waals surface area contributed by atoms with Gasteiger partial charge in [-0.05, 0) is 24.6 Å². The smallest absolute Gasteiger partial charge is 0.305 e. The molecule has 2 rings (SSSR count). The number of halogens is 1. The largest absolute Gasteiger partial charge is 0.481 e. The molecular formula is C13H14FNO3S. The van der Waals surface area contributed by atoms with Crippen molar-refractivity contribution >= 4 is 23.6 Å². The highest BCUT2D eigenvalue weighted by Crippen LogP contribution is 2.42. The van der Waals surface area contributed by atoms with Crippen LogP contribution in [0.3, 0.4) is 0 Å². The Labute approximate surface area is 114 Å². The molecule has 0 unspecified atom stereocenters. The molecule has 1 amide bonds. The van der Waals surface area contributed by atoms with Gasteiger partial charge in [0, 0.05) is 6.54 Å². The van der Waals surface area contributed by atoms with Crippen molar-refractivity contribution in [2.75, 3.05) is 6.54 Å². The lowest BCUT2D eigenvalue weighted by Crippen LogP contribution is -2.32. The van der Waals surface area contributed by atoms with Gasteiger partial charge in [0.2, 0.25) is 5.91 Å². The van der Waals surface area contributed by atoms with E-state index >= 15 is 0 Å². The molecule has 1 aliphatic rings. The first-order chi connectivity index (χ1) is 8.99. The van der Waals surface area contributed by atoms with Crippen molar-refractivity contribution in [2.45, 2.75) is 24.0 Å². The van der Waals surface area contributed by atoms with E-state index in [-0.39, 0.29) is 35.3 Å². The molecule has 0 saturated carbocycles. The number of aliphatic carboxylic acids is 1. The molecule has 2 atom stereocenters. The SMILES string of the molecule is C[C@H]1S[C@H](c2cccc(F)c2)N(CCC(=O)O)C1=O. The first-order valence-corrected chi connectivity index (χ1v) is 6.86. The van der Waals surface area contributed by atoms with Gasteiger partial charge in [-0.3, -0.25) is 9.59 Å². The van der Waals surface area contributed by atoms with Crippen LogP contribution in [0.25, 0.3) is 0 Å². The Balaban J connectivity index is 2.22. The number of carboxylic acids is 1. The molecule has 0 radical (unpaired) electrons. The number of benzene rings is 1. The summed E-state index contributed by atoms with van der Waals surface area (Å²) in [6.45, 7) is 1.92. The van der Waals surface area contributed by atoms with Crippen LogP contribution in [-0.4, -0.2) is 33.7 Å². The second-order valence-electron chi connectivity index (χ2n) is 4.36. The van der Waals surface area contributed by atoms with E-state index in [4.69, 9.17) is 5.11 Å². The molecule has 1 fully saturated rings. The standard InChI is InChI=1S/C13H14FNO3S/c1-8-12(18)15(6-5-11(16)17)13(19-8)9-3-2-4-10(14)7-9/h2-4,7-8,13H,5-6H2,1H3,(H,16,17)/t8-,13-/m1/s1. The number of carboxylic acid groups (broad SMARTS) is 1. The summed E-state index contributed by atoms with van der Waals surface area (Å²) in [7, 11) is 0. The van der Waals surface area contributed by atoms with Gasteiger partial charge in [-0.1, -0.05) is 12.1 Å². The Morgan fingerprint density at radius 1 is 1.53 bits per heavy atom. The van der Waals surface area contributed by atoms with Crippen molar-refractivity contribution in [2.24, 2.45) is 0 Å². The average molecular weight is 283 g/mol. The zero-order chi connectivity index (χ0) is 14.0. The maximum Gasteiger partial charge on any atom is 0.305 e. The normalized spacial score (nSPS) is 22.8. The van der Waals surface area contributed by atoms with Gasteiger partial charge in [0.15, 0.2) is 0 Å². The van der Waals surface area contributed by atoms with Crippen molar-refractivity contribution in [3.8, 4) is 0 Å². The molecule has 1 N–H and O–H groups in total. The zero-order valence-corrected chi connectivity index (χ0v) is 11.2. The van der Waals surface area contributed by atoms with E-state index < -0.39 is 5.97 Å². The Morgan fingerprint density at radius 3 is 2.89 bits per heavy atom. The van der Waals surface area contributed by atoms with Crippen LogP contribution < -0.4 is 0 Å². The fourth-order valence-electron chi connectivity index (χ4n) is 2.04. The Morgan fingerprint density at radius 2 is 2.26 bits per heavy atom. The highest BCUT2D eigenvalue weighted by Gasteiger charge is 2.38. The van der Waals surface area contributed by atoms with Crippen molar-refractivity contribution in [1.29, 1.82) is 0 Å². The van der Waals surface area contributed by atoms with E-state index in [0.717, 1.165) is 0 Å². The van der Waals surface area contributed by atoms with E-state index in [2.05, 4.69) is 0 Å². The van der Waals surface area contributed by atoms with Crippen molar-refractivity contribution in [1.82, 2.24) is 4.90 Å². The van der Waals surface area contributed by atoms with Gasteiger partial charge < -0.3 is 10.0 Å². The van der Waals surface area contributed by atoms with Crippen molar-refractivity contribution in [3.63, 3.8) is 0 Å². The van der Waals surface area contributed by atoms with E-state index in [1.54, 1.807) is 19.1 Å². The molecule has 0 bridgehead atoms.